The van der Waals surface area contributed by atoms with E-state index in [0.717, 1.165) is 40.6 Å². The number of nitrogens with zero attached hydrogens (tertiary/aromatic N) is 1. The summed E-state index contributed by atoms with van der Waals surface area (Å²) in [5.74, 6) is -0.138. The van der Waals surface area contributed by atoms with Crippen LogP contribution in [0.2, 0.25) is 0 Å². The Kier molecular flexibility index (Phi) is 5.21. The molecule has 1 heterocycles. The van der Waals surface area contributed by atoms with Crippen LogP contribution in [0.1, 0.15) is 63.5 Å². The molecule has 2 N–H and O–H groups in total. The van der Waals surface area contributed by atoms with Crippen molar-refractivity contribution >= 4 is 33.8 Å². The number of benzene rings is 1. The summed E-state index contributed by atoms with van der Waals surface area (Å²) in [5, 5.41) is 5.98. The fraction of sp³-hybridized carbons (Fsp3) is 0.571. The number of halogens is 1. The van der Waals surface area contributed by atoms with Crippen molar-refractivity contribution in [2.24, 2.45) is 5.92 Å². The number of imide groups is 1. The molecule has 0 bridgehead atoms. The number of urea groups is 1. The van der Waals surface area contributed by atoms with Crippen molar-refractivity contribution in [3.63, 3.8) is 0 Å². The molecule has 1 aromatic carbocycles. The van der Waals surface area contributed by atoms with Gasteiger partial charge in [-0.25, -0.2) is 9.69 Å². The fourth-order valence-electron chi connectivity index (χ4n) is 4.62. The molecule has 4 rings (SSSR count). The molecule has 7 heteroatoms. The number of hydrogen-bond acceptors (Lipinski definition) is 3. The Balaban J connectivity index is 1.50. The molecule has 150 valence electrons. The monoisotopic (exact) mass is 447 g/mol. The van der Waals surface area contributed by atoms with Crippen LogP contribution in [0.25, 0.3) is 0 Å². The number of rotatable bonds is 5. The molecular formula is C21H26BrN3O3. The van der Waals surface area contributed by atoms with Gasteiger partial charge in [0.15, 0.2) is 0 Å². The normalized spacial score (nSPS) is 23.4. The number of nitrogens with one attached hydrogen (secondary N) is 2. The molecule has 2 unspecified atom stereocenters. The first-order valence-electron chi connectivity index (χ1n) is 10.1. The van der Waals surface area contributed by atoms with Crippen LogP contribution in [0.3, 0.4) is 0 Å². The standard InChI is InChI=1S/C21H26BrN3O3/c1-13(25-19(27)21(24-20(25)28)11-2-3-12-21)18(26)23-17(14-5-4-6-14)15-7-9-16(22)10-8-15/h7-10,13-14,17H,2-6,11-12H2,1H3,(H,23,26)(H,24,28). The van der Waals surface area contributed by atoms with Crippen molar-refractivity contribution in [3.05, 3.63) is 34.3 Å². The topological polar surface area (TPSA) is 78.5 Å². The van der Waals surface area contributed by atoms with E-state index < -0.39 is 17.6 Å². The SMILES string of the molecule is CC(C(=O)NC(c1ccc(Br)cc1)C1CCC1)N1C(=O)NC2(CCCC2)C1=O. The highest BCUT2D eigenvalue weighted by Crippen LogP contribution is 2.39. The van der Waals surface area contributed by atoms with Crippen molar-refractivity contribution in [2.45, 2.75) is 69.5 Å². The zero-order valence-corrected chi connectivity index (χ0v) is 17.6. The smallest absolute Gasteiger partial charge is 0.325 e. The minimum atomic E-state index is -0.828. The molecule has 1 aromatic rings. The molecule has 2 aliphatic carbocycles. The maximum Gasteiger partial charge on any atom is 0.325 e. The van der Waals surface area contributed by atoms with Crippen LogP contribution in [0, 0.1) is 5.92 Å². The summed E-state index contributed by atoms with van der Waals surface area (Å²) in [5.41, 5.74) is 0.267. The van der Waals surface area contributed by atoms with Crippen LogP contribution in [0.15, 0.2) is 28.7 Å². The van der Waals surface area contributed by atoms with Crippen molar-refractivity contribution in [2.75, 3.05) is 0 Å². The zero-order valence-electron chi connectivity index (χ0n) is 16.0. The third-order valence-electron chi connectivity index (χ3n) is 6.57. The van der Waals surface area contributed by atoms with E-state index in [0.29, 0.717) is 18.8 Å². The predicted octanol–water partition coefficient (Wildman–Crippen LogP) is 3.66. The molecule has 1 spiro atoms. The van der Waals surface area contributed by atoms with Gasteiger partial charge in [0.05, 0.1) is 6.04 Å². The third kappa shape index (κ3) is 3.34. The molecular weight excluding hydrogens is 422 g/mol. The molecule has 28 heavy (non-hydrogen) atoms. The van der Waals surface area contributed by atoms with Gasteiger partial charge < -0.3 is 10.6 Å². The average Bonchev–Trinajstić information content (AvgIpc) is 3.18. The molecule has 1 saturated heterocycles. The van der Waals surface area contributed by atoms with Crippen LogP contribution in [0.4, 0.5) is 4.79 Å². The van der Waals surface area contributed by atoms with Crippen molar-refractivity contribution < 1.29 is 14.4 Å². The van der Waals surface area contributed by atoms with E-state index in [-0.39, 0.29) is 17.9 Å². The lowest BCUT2D eigenvalue weighted by atomic mass is 9.77. The van der Waals surface area contributed by atoms with E-state index in [1.54, 1.807) is 6.92 Å². The molecule has 3 aliphatic rings. The summed E-state index contributed by atoms with van der Waals surface area (Å²) in [4.78, 5) is 39.6. The number of carbonyl (C=O) groups is 3. The van der Waals surface area contributed by atoms with E-state index in [1.165, 1.54) is 6.42 Å². The minimum Gasteiger partial charge on any atom is -0.347 e. The van der Waals surface area contributed by atoms with Crippen LogP contribution in [0.5, 0.6) is 0 Å². The largest absolute Gasteiger partial charge is 0.347 e. The molecule has 2 saturated carbocycles. The van der Waals surface area contributed by atoms with Gasteiger partial charge in [-0.3, -0.25) is 9.59 Å². The van der Waals surface area contributed by atoms with Crippen molar-refractivity contribution in [3.8, 4) is 0 Å². The highest BCUT2D eigenvalue weighted by molar-refractivity contribution is 9.10. The van der Waals surface area contributed by atoms with Gasteiger partial charge in [0.2, 0.25) is 5.91 Å². The molecule has 1 aliphatic heterocycles. The first kappa shape index (κ1) is 19.4. The number of hydrogen-bond donors (Lipinski definition) is 2. The summed E-state index contributed by atoms with van der Waals surface area (Å²) < 4.78 is 0.990. The lowest BCUT2D eigenvalue weighted by Gasteiger charge is -2.36. The van der Waals surface area contributed by atoms with Gasteiger partial charge in [-0.2, -0.15) is 0 Å². The molecule has 3 fully saturated rings. The maximum atomic E-state index is 13.0. The minimum absolute atomic E-state index is 0.0991. The Hall–Kier alpha value is -1.89. The van der Waals surface area contributed by atoms with E-state index in [1.807, 2.05) is 24.3 Å². The third-order valence-corrected chi connectivity index (χ3v) is 7.09. The molecule has 6 nitrogen and oxygen atoms in total. The quantitative estimate of drug-likeness (QED) is 0.675. The summed E-state index contributed by atoms with van der Waals surface area (Å²) in [6.07, 6.45) is 6.47. The van der Waals surface area contributed by atoms with Crippen LogP contribution in [-0.2, 0) is 9.59 Å². The zero-order chi connectivity index (χ0) is 19.9. The van der Waals surface area contributed by atoms with Gasteiger partial charge in [-0.15, -0.1) is 0 Å². The lowest BCUT2D eigenvalue weighted by molar-refractivity contribution is -0.138. The molecule has 2 atom stereocenters. The Labute approximate surface area is 173 Å². The predicted molar refractivity (Wildman–Crippen MR) is 108 cm³/mol. The Morgan fingerprint density at radius 3 is 2.39 bits per heavy atom. The van der Waals surface area contributed by atoms with Crippen molar-refractivity contribution in [1.82, 2.24) is 15.5 Å². The first-order valence-corrected chi connectivity index (χ1v) is 10.9. The number of carbonyl (C=O) groups excluding carboxylic acids is 3. The van der Waals surface area contributed by atoms with E-state index >= 15 is 0 Å². The molecule has 0 radical (unpaired) electrons. The second-order valence-corrected chi connectivity index (χ2v) is 9.21. The second kappa shape index (κ2) is 7.50. The van der Waals surface area contributed by atoms with Crippen LogP contribution >= 0.6 is 15.9 Å². The Morgan fingerprint density at radius 1 is 1.18 bits per heavy atom. The summed E-state index contributed by atoms with van der Waals surface area (Å²) in [6.45, 7) is 1.64. The lowest BCUT2D eigenvalue weighted by Crippen LogP contribution is -2.51. The highest BCUT2D eigenvalue weighted by Gasteiger charge is 2.54. The van der Waals surface area contributed by atoms with Gasteiger partial charge in [0.1, 0.15) is 11.6 Å². The van der Waals surface area contributed by atoms with Gasteiger partial charge >= 0.3 is 6.03 Å². The average molecular weight is 448 g/mol. The number of amides is 4. The van der Waals surface area contributed by atoms with Crippen LogP contribution < -0.4 is 10.6 Å². The molecule has 4 amide bonds. The summed E-state index contributed by atoms with van der Waals surface area (Å²) >= 11 is 3.45. The van der Waals surface area contributed by atoms with E-state index in [9.17, 15) is 14.4 Å². The maximum absolute atomic E-state index is 13.0. The van der Waals surface area contributed by atoms with Gasteiger partial charge in [-0.1, -0.05) is 47.3 Å². The summed E-state index contributed by atoms with van der Waals surface area (Å²) in [7, 11) is 0. The van der Waals surface area contributed by atoms with Crippen LogP contribution in [-0.4, -0.2) is 34.3 Å². The van der Waals surface area contributed by atoms with E-state index in [2.05, 4.69) is 26.6 Å². The Morgan fingerprint density at radius 2 is 1.82 bits per heavy atom. The van der Waals surface area contributed by atoms with Gasteiger partial charge in [-0.05, 0) is 56.2 Å². The Bertz CT molecular complexity index is 785. The van der Waals surface area contributed by atoms with Gasteiger partial charge in [0.25, 0.3) is 5.91 Å². The van der Waals surface area contributed by atoms with Crippen molar-refractivity contribution in [1.29, 1.82) is 0 Å². The van der Waals surface area contributed by atoms with Gasteiger partial charge in [0, 0.05) is 4.47 Å². The first-order chi connectivity index (χ1) is 13.4. The highest BCUT2D eigenvalue weighted by atomic mass is 79.9. The fourth-order valence-corrected chi connectivity index (χ4v) is 4.88. The second-order valence-electron chi connectivity index (χ2n) is 8.30. The molecule has 0 aromatic heterocycles. The summed E-state index contributed by atoms with van der Waals surface area (Å²) in [6, 6.07) is 6.59. The van der Waals surface area contributed by atoms with E-state index in [4.69, 9.17) is 0 Å².